The second-order valence-electron chi connectivity index (χ2n) is 4.74. The van der Waals surface area contributed by atoms with Gasteiger partial charge in [0.05, 0.1) is 14.5 Å². The summed E-state index contributed by atoms with van der Waals surface area (Å²) in [5.74, 6) is -0.256. The van der Waals surface area contributed by atoms with E-state index in [0.717, 1.165) is 24.1 Å². The van der Waals surface area contributed by atoms with Crippen LogP contribution in [0.5, 0.6) is 0 Å². The molecular weight excluding hydrogens is 376 g/mol. The molecule has 21 heavy (non-hydrogen) atoms. The van der Waals surface area contributed by atoms with Crippen LogP contribution in [0.3, 0.4) is 0 Å². The minimum absolute atomic E-state index is 0.0992. The summed E-state index contributed by atoms with van der Waals surface area (Å²) >= 11 is 15.3. The monoisotopic (exact) mass is 389 g/mol. The van der Waals surface area contributed by atoms with Crippen LogP contribution in [-0.4, -0.2) is 6.54 Å². The van der Waals surface area contributed by atoms with E-state index in [4.69, 9.17) is 23.2 Å². The molecule has 2 rings (SSSR count). The van der Waals surface area contributed by atoms with Crippen LogP contribution in [0.25, 0.3) is 0 Å². The summed E-state index contributed by atoms with van der Waals surface area (Å²) < 4.78 is 13.8. The van der Waals surface area contributed by atoms with Gasteiger partial charge in [0, 0.05) is 6.04 Å². The summed E-state index contributed by atoms with van der Waals surface area (Å²) in [5.41, 5.74) is 2.10. The van der Waals surface area contributed by atoms with Gasteiger partial charge in [0.15, 0.2) is 0 Å². The maximum absolute atomic E-state index is 13.3. The minimum Gasteiger partial charge on any atom is -0.310 e. The van der Waals surface area contributed by atoms with Crippen molar-refractivity contribution in [3.05, 3.63) is 67.9 Å². The first-order valence-electron chi connectivity index (χ1n) is 6.63. The lowest BCUT2D eigenvalue weighted by Gasteiger charge is -2.19. The van der Waals surface area contributed by atoms with E-state index in [-0.39, 0.29) is 11.9 Å². The average Bonchev–Trinajstić information content (AvgIpc) is 2.45. The Hall–Kier alpha value is -0.610. The molecule has 0 aromatic heterocycles. The van der Waals surface area contributed by atoms with Crippen molar-refractivity contribution in [1.29, 1.82) is 0 Å². The topological polar surface area (TPSA) is 12.0 Å². The molecule has 1 unspecified atom stereocenters. The van der Waals surface area contributed by atoms with Gasteiger partial charge in [0.1, 0.15) is 5.82 Å². The molecule has 0 saturated carbocycles. The zero-order valence-corrected chi connectivity index (χ0v) is 14.6. The fraction of sp³-hybridized carbons (Fsp3) is 0.250. The van der Waals surface area contributed by atoms with Crippen molar-refractivity contribution in [2.24, 2.45) is 0 Å². The van der Waals surface area contributed by atoms with Gasteiger partial charge >= 0.3 is 0 Å². The summed E-state index contributed by atoms with van der Waals surface area (Å²) in [5, 5.41) is 4.50. The van der Waals surface area contributed by atoms with Crippen LogP contribution >= 0.6 is 39.1 Å². The molecule has 0 fully saturated rings. The van der Waals surface area contributed by atoms with Crippen LogP contribution in [0.15, 0.2) is 40.9 Å². The Morgan fingerprint density at radius 2 is 1.90 bits per heavy atom. The third-order valence-corrected chi connectivity index (χ3v) is 4.57. The van der Waals surface area contributed by atoms with Crippen molar-refractivity contribution in [3.63, 3.8) is 0 Å². The average molecular weight is 391 g/mol. The van der Waals surface area contributed by atoms with Gasteiger partial charge in [-0.25, -0.2) is 4.39 Å². The zero-order chi connectivity index (χ0) is 15.4. The normalized spacial score (nSPS) is 12.4. The molecule has 1 nitrogen and oxygen atoms in total. The predicted molar refractivity (Wildman–Crippen MR) is 90.7 cm³/mol. The van der Waals surface area contributed by atoms with Crippen molar-refractivity contribution < 1.29 is 4.39 Å². The summed E-state index contributed by atoms with van der Waals surface area (Å²) in [4.78, 5) is 0. The van der Waals surface area contributed by atoms with E-state index in [1.54, 1.807) is 18.2 Å². The van der Waals surface area contributed by atoms with E-state index >= 15 is 0 Å². The van der Waals surface area contributed by atoms with Crippen molar-refractivity contribution in [1.82, 2.24) is 5.32 Å². The quantitative estimate of drug-likeness (QED) is 0.681. The second kappa shape index (κ2) is 7.59. The fourth-order valence-electron chi connectivity index (χ4n) is 2.19. The van der Waals surface area contributed by atoms with Crippen molar-refractivity contribution in [3.8, 4) is 0 Å². The third kappa shape index (κ3) is 4.43. The van der Waals surface area contributed by atoms with Gasteiger partial charge in [-0.05, 0) is 64.3 Å². The zero-order valence-electron chi connectivity index (χ0n) is 11.5. The van der Waals surface area contributed by atoms with Gasteiger partial charge in [-0.3, -0.25) is 0 Å². The Morgan fingerprint density at radius 1 is 1.14 bits per heavy atom. The molecule has 0 aliphatic heterocycles. The first-order valence-corrected chi connectivity index (χ1v) is 8.18. The Balaban J connectivity index is 2.25. The molecule has 0 bridgehead atoms. The molecule has 112 valence electrons. The molecule has 5 heteroatoms. The van der Waals surface area contributed by atoms with Crippen LogP contribution in [0, 0.1) is 5.82 Å². The second-order valence-corrected chi connectivity index (χ2v) is 6.41. The van der Waals surface area contributed by atoms with Crippen molar-refractivity contribution >= 4 is 39.1 Å². The number of halogens is 4. The Morgan fingerprint density at radius 3 is 2.52 bits per heavy atom. The van der Waals surface area contributed by atoms with Crippen LogP contribution in [0.4, 0.5) is 4.39 Å². The summed E-state index contributed by atoms with van der Waals surface area (Å²) in [6.07, 6.45) is 0.741. The number of rotatable bonds is 5. The third-order valence-electron chi connectivity index (χ3n) is 3.22. The lowest BCUT2D eigenvalue weighted by Crippen LogP contribution is -2.23. The van der Waals surface area contributed by atoms with E-state index in [9.17, 15) is 4.39 Å². The molecule has 1 N–H and O–H groups in total. The van der Waals surface area contributed by atoms with Gasteiger partial charge in [-0.1, -0.05) is 42.3 Å². The first-order chi connectivity index (χ1) is 10.0. The number of likely N-dealkylation sites (N-methyl/N-ethyl adjacent to an activating group) is 1. The van der Waals surface area contributed by atoms with Crippen molar-refractivity contribution in [2.75, 3.05) is 6.54 Å². The number of benzene rings is 2. The van der Waals surface area contributed by atoms with E-state index in [1.165, 1.54) is 6.07 Å². The summed E-state index contributed by atoms with van der Waals surface area (Å²) in [6.45, 7) is 2.87. The highest BCUT2D eigenvalue weighted by Gasteiger charge is 2.13. The van der Waals surface area contributed by atoms with Crippen molar-refractivity contribution in [2.45, 2.75) is 19.4 Å². The van der Waals surface area contributed by atoms with E-state index in [2.05, 4.69) is 21.2 Å². The van der Waals surface area contributed by atoms with Gasteiger partial charge in [0.25, 0.3) is 0 Å². The number of hydrogen-bond acceptors (Lipinski definition) is 1. The largest absolute Gasteiger partial charge is 0.310 e. The van der Waals surface area contributed by atoms with E-state index < -0.39 is 0 Å². The van der Waals surface area contributed by atoms with Gasteiger partial charge in [-0.15, -0.1) is 0 Å². The van der Waals surface area contributed by atoms with Crippen LogP contribution in [0.2, 0.25) is 10.0 Å². The number of nitrogens with one attached hydrogen (secondary N) is 1. The molecule has 1 atom stereocenters. The lowest BCUT2D eigenvalue weighted by molar-refractivity contribution is 0.548. The van der Waals surface area contributed by atoms with E-state index in [1.807, 2.05) is 19.1 Å². The van der Waals surface area contributed by atoms with Gasteiger partial charge in [-0.2, -0.15) is 0 Å². The molecule has 0 radical (unpaired) electrons. The standard InChI is InChI=1S/C16H15BrCl2FN/c1-2-21-16(11-4-5-13(18)14(19)9-11)8-10-3-6-15(20)12(17)7-10/h3-7,9,16,21H,2,8H2,1H3. The lowest BCUT2D eigenvalue weighted by atomic mass is 9.99. The molecule has 0 aliphatic carbocycles. The molecule has 2 aromatic carbocycles. The van der Waals surface area contributed by atoms with E-state index in [0.29, 0.717) is 14.5 Å². The van der Waals surface area contributed by atoms with Gasteiger partial charge in [0.2, 0.25) is 0 Å². The smallest absolute Gasteiger partial charge is 0.137 e. The first kappa shape index (κ1) is 16.8. The molecule has 2 aromatic rings. The fourth-order valence-corrected chi connectivity index (χ4v) is 2.92. The predicted octanol–water partition coefficient (Wildman–Crippen LogP) is 5.79. The molecule has 0 aliphatic rings. The minimum atomic E-state index is -0.256. The highest BCUT2D eigenvalue weighted by molar-refractivity contribution is 9.10. The molecule has 0 heterocycles. The van der Waals surface area contributed by atoms with Crippen LogP contribution < -0.4 is 5.32 Å². The number of hydrogen-bond donors (Lipinski definition) is 1. The highest BCUT2D eigenvalue weighted by atomic mass is 79.9. The highest BCUT2D eigenvalue weighted by Crippen LogP contribution is 2.28. The van der Waals surface area contributed by atoms with Crippen LogP contribution in [-0.2, 0) is 6.42 Å². The molecule has 0 spiro atoms. The summed E-state index contributed by atoms with van der Waals surface area (Å²) in [6, 6.07) is 10.8. The van der Waals surface area contributed by atoms with Gasteiger partial charge < -0.3 is 5.32 Å². The SMILES string of the molecule is CCNC(Cc1ccc(F)c(Br)c1)c1ccc(Cl)c(Cl)c1. The Kier molecular flexibility index (Phi) is 6.06. The molecular formula is C16H15BrCl2FN. The Bertz CT molecular complexity index is 634. The van der Waals surface area contributed by atoms with Crippen LogP contribution in [0.1, 0.15) is 24.1 Å². The maximum Gasteiger partial charge on any atom is 0.137 e. The maximum atomic E-state index is 13.3. The molecule has 0 saturated heterocycles. The molecule has 0 amide bonds. The summed E-state index contributed by atoms with van der Waals surface area (Å²) in [7, 11) is 0. The Labute approximate surface area is 142 Å².